The Balaban J connectivity index is 1.95. The molecule has 0 spiro atoms. The van der Waals surface area contributed by atoms with E-state index in [1.807, 2.05) is 19.9 Å². The van der Waals surface area contributed by atoms with Crippen LogP contribution in [0.2, 0.25) is 0 Å². The summed E-state index contributed by atoms with van der Waals surface area (Å²) in [7, 11) is 0. The number of hydrogen-bond donors (Lipinski definition) is 1. The predicted octanol–water partition coefficient (Wildman–Crippen LogP) is 0.593. The highest BCUT2D eigenvalue weighted by Crippen LogP contribution is 2.22. The Morgan fingerprint density at radius 2 is 1.71 bits per heavy atom. The fourth-order valence-corrected chi connectivity index (χ4v) is 2.45. The molecule has 0 amide bonds. The Hall–Kier alpha value is -2.62. The lowest BCUT2D eigenvalue weighted by molar-refractivity contribution is 0.761. The van der Waals surface area contributed by atoms with Gasteiger partial charge in [-0.25, -0.2) is 15.0 Å². The van der Waals surface area contributed by atoms with Gasteiger partial charge in [-0.1, -0.05) is 0 Å². The molecule has 3 heterocycles. The summed E-state index contributed by atoms with van der Waals surface area (Å²) in [6, 6.07) is 1.90. The first-order valence-corrected chi connectivity index (χ1v) is 6.78. The number of nitrogens with two attached hydrogens (primary N) is 1. The van der Waals surface area contributed by atoms with Gasteiger partial charge in [-0.05, 0) is 31.7 Å². The molecular formula is C11H11N9S. The second-order valence-electron chi connectivity index (χ2n) is 4.15. The maximum atomic E-state index is 5.70. The molecule has 0 atom stereocenters. The van der Waals surface area contributed by atoms with Gasteiger partial charge in [-0.2, -0.15) is 24.7 Å². The average molecular weight is 301 g/mol. The van der Waals surface area contributed by atoms with E-state index in [2.05, 4.69) is 35.0 Å². The van der Waals surface area contributed by atoms with Crippen molar-refractivity contribution in [3.05, 3.63) is 30.1 Å². The molecule has 3 rings (SSSR count). The monoisotopic (exact) mass is 301 g/mol. The lowest BCUT2D eigenvalue weighted by atomic mass is 10.4. The first-order valence-electron chi connectivity index (χ1n) is 5.97. The molecule has 106 valence electrons. The van der Waals surface area contributed by atoms with Crippen molar-refractivity contribution < 1.29 is 0 Å². The van der Waals surface area contributed by atoms with E-state index in [-0.39, 0.29) is 5.95 Å². The molecule has 0 aliphatic heterocycles. The van der Waals surface area contributed by atoms with E-state index in [1.165, 1.54) is 29.1 Å². The third-order valence-corrected chi connectivity index (χ3v) is 3.12. The van der Waals surface area contributed by atoms with Gasteiger partial charge in [0, 0.05) is 11.4 Å². The number of aryl methyl sites for hydroxylation is 2. The number of rotatable bonds is 3. The number of nitrogen functional groups attached to an aromatic ring is 1. The van der Waals surface area contributed by atoms with Crippen molar-refractivity contribution in [2.24, 2.45) is 0 Å². The van der Waals surface area contributed by atoms with Crippen molar-refractivity contribution in [3.63, 3.8) is 0 Å². The molecule has 0 aromatic carbocycles. The van der Waals surface area contributed by atoms with Crippen molar-refractivity contribution in [1.29, 1.82) is 0 Å². The molecule has 21 heavy (non-hydrogen) atoms. The molecule has 0 saturated carbocycles. The molecule has 10 heteroatoms. The first-order chi connectivity index (χ1) is 10.1. The summed E-state index contributed by atoms with van der Waals surface area (Å²) in [6.45, 7) is 3.81. The van der Waals surface area contributed by atoms with Gasteiger partial charge in [0.15, 0.2) is 5.16 Å². The number of nitrogens with zero attached hydrogens (tertiary/aromatic N) is 8. The topological polar surface area (TPSA) is 121 Å². The van der Waals surface area contributed by atoms with Gasteiger partial charge in [0.1, 0.15) is 12.7 Å². The van der Waals surface area contributed by atoms with Gasteiger partial charge in [0.25, 0.3) is 5.95 Å². The van der Waals surface area contributed by atoms with Crippen LogP contribution in [0, 0.1) is 13.8 Å². The van der Waals surface area contributed by atoms with Crippen molar-refractivity contribution in [3.8, 4) is 5.95 Å². The van der Waals surface area contributed by atoms with E-state index in [9.17, 15) is 0 Å². The number of hydrogen-bond acceptors (Lipinski definition) is 9. The normalized spacial score (nSPS) is 10.8. The molecule has 0 radical (unpaired) electrons. The zero-order chi connectivity index (χ0) is 14.8. The Morgan fingerprint density at radius 3 is 2.38 bits per heavy atom. The highest BCUT2D eigenvalue weighted by molar-refractivity contribution is 7.99. The average Bonchev–Trinajstić information content (AvgIpc) is 2.90. The Labute approximate surface area is 124 Å². The van der Waals surface area contributed by atoms with E-state index in [0.717, 1.165) is 11.4 Å². The maximum absolute atomic E-state index is 5.70. The molecule has 0 aliphatic rings. The van der Waals surface area contributed by atoms with Crippen LogP contribution in [0.25, 0.3) is 5.95 Å². The SMILES string of the molecule is Cc1cc(C)nc(Sc2nc(N)nc(-n3cncn3)n2)n1. The van der Waals surface area contributed by atoms with Gasteiger partial charge in [-0.3, -0.25) is 0 Å². The molecule has 0 bridgehead atoms. The summed E-state index contributed by atoms with van der Waals surface area (Å²) in [5.74, 6) is 0.397. The molecule has 0 aliphatic carbocycles. The zero-order valence-corrected chi connectivity index (χ0v) is 12.1. The zero-order valence-electron chi connectivity index (χ0n) is 11.3. The fraction of sp³-hybridized carbons (Fsp3) is 0.182. The van der Waals surface area contributed by atoms with Crippen molar-refractivity contribution in [2.45, 2.75) is 24.2 Å². The van der Waals surface area contributed by atoms with Gasteiger partial charge < -0.3 is 5.73 Å². The van der Waals surface area contributed by atoms with Gasteiger partial charge in [0.2, 0.25) is 11.1 Å². The van der Waals surface area contributed by atoms with Crippen LogP contribution in [0.5, 0.6) is 0 Å². The quantitative estimate of drug-likeness (QED) is 0.692. The summed E-state index contributed by atoms with van der Waals surface area (Å²) in [5, 5.41) is 4.92. The highest BCUT2D eigenvalue weighted by Gasteiger charge is 2.10. The Kier molecular flexibility index (Phi) is 3.44. The van der Waals surface area contributed by atoms with Crippen LogP contribution in [-0.2, 0) is 0 Å². The largest absolute Gasteiger partial charge is 0.368 e. The van der Waals surface area contributed by atoms with Crippen molar-refractivity contribution in [1.82, 2.24) is 39.7 Å². The second-order valence-corrected chi connectivity index (χ2v) is 5.09. The van der Waals surface area contributed by atoms with Gasteiger partial charge in [0.05, 0.1) is 0 Å². The van der Waals surface area contributed by atoms with Crippen LogP contribution in [-0.4, -0.2) is 39.7 Å². The third kappa shape index (κ3) is 3.11. The molecular weight excluding hydrogens is 290 g/mol. The van der Waals surface area contributed by atoms with E-state index in [0.29, 0.717) is 16.3 Å². The number of aromatic nitrogens is 8. The summed E-state index contributed by atoms with van der Waals surface area (Å²) >= 11 is 1.22. The van der Waals surface area contributed by atoms with Crippen LogP contribution >= 0.6 is 11.8 Å². The van der Waals surface area contributed by atoms with Crippen LogP contribution in [0.15, 0.2) is 29.0 Å². The molecule has 3 aromatic rings. The van der Waals surface area contributed by atoms with Crippen LogP contribution in [0.1, 0.15) is 11.4 Å². The Bertz CT molecular complexity index is 751. The first kappa shape index (κ1) is 13.4. The lowest BCUT2D eigenvalue weighted by Gasteiger charge is -2.04. The molecule has 0 fully saturated rings. The van der Waals surface area contributed by atoms with Crippen LogP contribution < -0.4 is 5.73 Å². The molecule has 0 saturated heterocycles. The van der Waals surface area contributed by atoms with E-state index in [1.54, 1.807) is 0 Å². The minimum Gasteiger partial charge on any atom is -0.368 e. The molecule has 2 N–H and O–H groups in total. The third-order valence-electron chi connectivity index (χ3n) is 2.39. The van der Waals surface area contributed by atoms with Gasteiger partial charge in [-0.15, -0.1) is 0 Å². The second kappa shape index (κ2) is 5.40. The fourth-order valence-electron chi connectivity index (χ4n) is 1.64. The van der Waals surface area contributed by atoms with Crippen molar-refractivity contribution >= 4 is 17.7 Å². The highest BCUT2D eigenvalue weighted by atomic mass is 32.2. The van der Waals surface area contributed by atoms with E-state index < -0.39 is 0 Å². The van der Waals surface area contributed by atoms with Crippen LogP contribution in [0.4, 0.5) is 5.95 Å². The Morgan fingerprint density at radius 1 is 1.00 bits per heavy atom. The van der Waals surface area contributed by atoms with Crippen molar-refractivity contribution in [2.75, 3.05) is 5.73 Å². The molecule has 9 nitrogen and oxygen atoms in total. The summed E-state index contributed by atoms with van der Waals surface area (Å²) < 4.78 is 1.41. The van der Waals surface area contributed by atoms with E-state index in [4.69, 9.17) is 5.73 Å². The number of anilines is 1. The van der Waals surface area contributed by atoms with Gasteiger partial charge >= 0.3 is 0 Å². The smallest absolute Gasteiger partial charge is 0.257 e. The maximum Gasteiger partial charge on any atom is 0.257 e. The minimum atomic E-state index is 0.0994. The summed E-state index contributed by atoms with van der Waals surface area (Å²) in [4.78, 5) is 24.9. The molecule has 3 aromatic heterocycles. The lowest BCUT2D eigenvalue weighted by Crippen LogP contribution is -2.08. The molecule has 0 unspecified atom stereocenters. The minimum absolute atomic E-state index is 0.0994. The summed E-state index contributed by atoms with van der Waals surface area (Å²) in [6.07, 6.45) is 2.87. The van der Waals surface area contributed by atoms with E-state index >= 15 is 0 Å². The summed E-state index contributed by atoms with van der Waals surface area (Å²) in [5.41, 5.74) is 7.46. The standard InChI is InChI=1S/C11H11N9S/c1-6-3-7(2)16-10(15-6)21-11-18-8(12)17-9(19-11)20-5-13-4-14-20/h3-5H,1-2H3,(H2,12,17,18,19). The predicted molar refractivity (Wildman–Crippen MR) is 74.8 cm³/mol. The van der Waals surface area contributed by atoms with Crippen LogP contribution in [0.3, 0.4) is 0 Å².